The molecule has 0 saturated carbocycles. The maximum atomic E-state index is 11.7. The summed E-state index contributed by atoms with van der Waals surface area (Å²) in [5, 5.41) is 13.5. The second-order valence-electron chi connectivity index (χ2n) is 4.53. The first-order valence-electron chi connectivity index (χ1n) is 6.95. The van der Waals surface area contributed by atoms with E-state index < -0.39 is 5.97 Å². The van der Waals surface area contributed by atoms with Gasteiger partial charge in [-0.1, -0.05) is 18.2 Å². The molecule has 23 heavy (non-hydrogen) atoms. The van der Waals surface area contributed by atoms with Gasteiger partial charge in [-0.15, -0.1) is 11.8 Å². The Morgan fingerprint density at radius 1 is 1.13 bits per heavy atom. The largest absolute Gasteiger partial charge is 0.619 e. The molecule has 0 aliphatic rings. The SMILES string of the molecule is O=C(COC(=O)c1cc[n+]([O-])cc1)NCCSc1ccccc1. The Balaban J connectivity index is 1.63. The number of carbonyl (C=O) groups excluding carboxylic acids is 2. The van der Waals surface area contributed by atoms with Crippen molar-refractivity contribution in [3.63, 3.8) is 0 Å². The van der Waals surface area contributed by atoms with Gasteiger partial charge in [-0.3, -0.25) is 4.79 Å². The highest BCUT2D eigenvalue weighted by molar-refractivity contribution is 7.99. The van der Waals surface area contributed by atoms with Crippen LogP contribution in [0.15, 0.2) is 59.8 Å². The Morgan fingerprint density at radius 3 is 2.52 bits per heavy atom. The average Bonchev–Trinajstić information content (AvgIpc) is 2.58. The summed E-state index contributed by atoms with van der Waals surface area (Å²) in [4.78, 5) is 24.4. The molecule has 1 heterocycles. The van der Waals surface area contributed by atoms with Crippen LogP contribution < -0.4 is 10.0 Å². The molecule has 0 aliphatic heterocycles. The number of aromatic nitrogens is 1. The van der Waals surface area contributed by atoms with Crippen molar-refractivity contribution in [2.75, 3.05) is 18.9 Å². The second-order valence-corrected chi connectivity index (χ2v) is 5.70. The van der Waals surface area contributed by atoms with Gasteiger partial charge in [-0.2, -0.15) is 4.73 Å². The van der Waals surface area contributed by atoms with Gasteiger partial charge < -0.3 is 15.3 Å². The minimum Gasteiger partial charge on any atom is -0.619 e. The van der Waals surface area contributed by atoms with Crippen molar-refractivity contribution in [2.45, 2.75) is 4.90 Å². The molecule has 0 saturated heterocycles. The summed E-state index contributed by atoms with van der Waals surface area (Å²) >= 11 is 1.63. The van der Waals surface area contributed by atoms with Gasteiger partial charge in [-0.25, -0.2) is 4.79 Å². The van der Waals surface area contributed by atoms with Gasteiger partial charge in [0.2, 0.25) is 0 Å². The fourth-order valence-electron chi connectivity index (χ4n) is 1.69. The minimum absolute atomic E-state index is 0.226. The fraction of sp³-hybridized carbons (Fsp3) is 0.188. The van der Waals surface area contributed by atoms with E-state index in [2.05, 4.69) is 5.32 Å². The maximum Gasteiger partial charge on any atom is 0.339 e. The summed E-state index contributed by atoms with van der Waals surface area (Å²) in [5.74, 6) is -0.271. The number of rotatable bonds is 7. The van der Waals surface area contributed by atoms with Crippen LogP contribution in [0, 0.1) is 5.21 Å². The molecule has 6 nitrogen and oxygen atoms in total. The number of benzene rings is 1. The molecule has 0 bridgehead atoms. The molecule has 0 radical (unpaired) electrons. The van der Waals surface area contributed by atoms with E-state index in [1.807, 2.05) is 30.3 Å². The summed E-state index contributed by atoms with van der Waals surface area (Å²) in [6, 6.07) is 12.5. The van der Waals surface area contributed by atoms with E-state index in [-0.39, 0.29) is 18.1 Å². The molecule has 0 unspecified atom stereocenters. The summed E-state index contributed by atoms with van der Waals surface area (Å²) in [6.07, 6.45) is 2.38. The Hall–Kier alpha value is -2.54. The van der Waals surface area contributed by atoms with Crippen LogP contribution in [0.4, 0.5) is 0 Å². The molecule has 120 valence electrons. The molecule has 1 aromatic heterocycles. The number of amides is 1. The molecular formula is C16H16N2O4S. The molecule has 0 fully saturated rings. The molecule has 1 aromatic carbocycles. The number of pyridine rings is 1. The first-order chi connectivity index (χ1) is 11.1. The standard InChI is InChI=1S/C16H16N2O4S/c19-15(17-8-11-23-14-4-2-1-3-5-14)12-22-16(20)13-6-9-18(21)10-7-13/h1-7,9-10H,8,11-12H2,(H,17,19). The van der Waals surface area contributed by atoms with Crippen molar-refractivity contribution in [1.29, 1.82) is 0 Å². The van der Waals surface area contributed by atoms with E-state index in [9.17, 15) is 14.8 Å². The fourth-order valence-corrected chi connectivity index (χ4v) is 2.48. The molecule has 2 aromatic rings. The van der Waals surface area contributed by atoms with Crippen molar-refractivity contribution in [2.24, 2.45) is 0 Å². The van der Waals surface area contributed by atoms with E-state index in [0.717, 1.165) is 10.6 Å². The lowest BCUT2D eigenvalue weighted by Crippen LogP contribution is -2.30. The quantitative estimate of drug-likeness (QED) is 0.272. The van der Waals surface area contributed by atoms with Crippen LogP contribution in [-0.2, 0) is 9.53 Å². The molecule has 0 spiro atoms. The van der Waals surface area contributed by atoms with Gasteiger partial charge in [0.1, 0.15) is 0 Å². The number of thioether (sulfide) groups is 1. The van der Waals surface area contributed by atoms with Gasteiger partial charge >= 0.3 is 5.97 Å². The topological polar surface area (TPSA) is 82.3 Å². The number of hydrogen-bond donors (Lipinski definition) is 1. The van der Waals surface area contributed by atoms with Crippen molar-refractivity contribution in [3.05, 3.63) is 65.6 Å². The van der Waals surface area contributed by atoms with Crippen LogP contribution in [0.2, 0.25) is 0 Å². The van der Waals surface area contributed by atoms with E-state index >= 15 is 0 Å². The molecule has 0 atom stereocenters. The number of esters is 1. The minimum atomic E-state index is -0.639. The molecular weight excluding hydrogens is 316 g/mol. The normalized spacial score (nSPS) is 10.1. The van der Waals surface area contributed by atoms with Crippen molar-refractivity contribution < 1.29 is 19.1 Å². The van der Waals surface area contributed by atoms with Gasteiger partial charge in [-0.05, 0) is 12.1 Å². The highest BCUT2D eigenvalue weighted by Gasteiger charge is 2.10. The van der Waals surface area contributed by atoms with Crippen LogP contribution >= 0.6 is 11.8 Å². The van der Waals surface area contributed by atoms with Crippen LogP contribution in [-0.4, -0.2) is 30.8 Å². The summed E-state index contributed by atoms with van der Waals surface area (Å²) in [7, 11) is 0. The lowest BCUT2D eigenvalue weighted by molar-refractivity contribution is -0.605. The highest BCUT2D eigenvalue weighted by atomic mass is 32.2. The lowest BCUT2D eigenvalue weighted by atomic mass is 10.3. The predicted molar refractivity (Wildman–Crippen MR) is 85.9 cm³/mol. The van der Waals surface area contributed by atoms with Crippen molar-refractivity contribution >= 4 is 23.6 Å². The number of ether oxygens (including phenoxy) is 1. The molecule has 7 heteroatoms. The van der Waals surface area contributed by atoms with E-state index in [1.54, 1.807) is 11.8 Å². The highest BCUT2D eigenvalue weighted by Crippen LogP contribution is 2.15. The van der Waals surface area contributed by atoms with Crippen molar-refractivity contribution in [1.82, 2.24) is 5.32 Å². The van der Waals surface area contributed by atoms with Crippen LogP contribution in [0.5, 0.6) is 0 Å². The first kappa shape index (κ1) is 16.8. The van der Waals surface area contributed by atoms with E-state index in [1.165, 1.54) is 24.5 Å². The third kappa shape index (κ3) is 5.99. The predicted octanol–water partition coefficient (Wildman–Crippen LogP) is 1.39. The van der Waals surface area contributed by atoms with Gasteiger partial charge in [0, 0.05) is 29.3 Å². The Kier molecular flexibility index (Phi) is 6.43. The third-order valence-corrected chi connectivity index (χ3v) is 3.82. The third-order valence-electron chi connectivity index (χ3n) is 2.81. The summed E-state index contributed by atoms with van der Waals surface area (Å²) in [5.41, 5.74) is 0.226. The Bertz CT molecular complexity index is 647. The summed E-state index contributed by atoms with van der Waals surface area (Å²) < 4.78 is 5.44. The van der Waals surface area contributed by atoms with Crippen LogP contribution in [0.1, 0.15) is 10.4 Å². The zero-order valence-corrected chi connectivity index (χ0v) is 13.1. The number of hydrogen-bond acceptors (Lipinski definition) is 5. The number of nitrogens with one attached hydrogen (secondary N) is 1. The monoisotopic (exact) mass is 332 g/mol. The smallest absolute Gasteiger partial charge is 0.339 e. The van der Waals surface area contributed by atoms with E-state index in [0.29, 0.717) is 11.3 Å². The van der Waals surface area contributed by atoms with Crippen molar-refractivity contribution in [3.8, 4) is 0 Å². The number of nitrogens with zero attached hydrogens (tertiary/aromatic N) is 1. The number of carbonyl (C=O) groups is 2. The van der Waals surface area contributed by atoms with Gasteiger partial charge in [0.15, 0.2) is 19.0 Å². The Labute approximate surface area is 138 Å². The second kappa shape index (κ2) is 8.79. The zero-order valence-electron chi connectivity index (χ0n) is 12.3. The van der Waals surface area contributed by atoms with Crippen LogP contribution in [0.3, 0.4) is 0 Å². The van der Waals surface area contributed by atoms with Gasteiger partial charge in [0.25, 0.3) is 5.91 Å². The lowest BCUT2D eigenvalue weighted by Gasteiger charge is -2.06. The molecule has 0 aliphatic carbocycles. The Morgan fingerprint density at radius 2 is 1.83 bits per heavy atom. The van der Waals surface area contributed by atoms with E-state index in [4.69, 9.17) is 4.74 Å². The maximum absolute atomic E-state index is 11.7. The molecule has 2 rings (SSSR count). The van der Waals surface area contributed by atoms with Gasteiger partial charge in [0.05, 0.1) is 5.56 Å². The molecule has 1 N–H and O–H groups in total. The molecule has 1 amide bonds. The first-order valence-corrected chi connectivity index (χ1v) is 7.94. The summed E-state index contributed by atoms with van der Waals surface area (Å²) in [6.45, 7) is 0.137. The zero-order chi connectivity index (χ0) is 16.5. The van der Waals surface area contributed by atoms with Crippen LogP contribution in [0.25, 0.3) is 0 Å². The average molecular weight is 332 g/mol.